The van der Waals surface area contributed by atoms with Crippen LogP contribution in [0.2, 0.25) is 0 Å². The van der Waals surface area contributed by atoms with Gasteiger partial charge in [0.2, 0.25) is 0 Å². The van der Waals surface area contributed by atoms with E-state index in [0.29, 0.717) is 4.47 Å². The SMILES string of the molecule is C=Cc1c(CBr)ccc(Br)c1O. The van der Waals surface area contributed by atoms with E-state index in [9.17, 15) is 5.11 Å². The Kier molecular flexibility index (Phi) is 3.35. The van der Waals surface area contributed by atoms with Crippen LogP contribution in [-0.4, -0.2) is 5.11 Å². The quantitative estimate of drug-likeness (QED) is 0.824. The number of benzene rings is 1. The molecule has 0 fully saturated rings. The number of aromatic hydroxyl groups is 1. The number of hydrogen-bond donors (Lipinski definition) is 1. The average molecular weight is 292 g/mol. The standard InChI is InChI=1S/C9H8Br2O/c1-2-7-6(5-10)3-4-8(11)9(7)12/h2-4,12H,1,5H2. The van der Waals surface area contributed by atoms with Crippen LogP contribution in [0.3, 0.4) is 0 Å². The molecule has 0 unspecified atom stereocenters. The summed E-state index contributed by atoms with van der Waals surface area (Å²) in [7, 11) is 0. The van der Waals surface area contributed by atoms with Crippen molar-refractivity contribution in [2.75, 3.05) is 0 Å². The van der Waals surface area contributed by atoms with E-state index < -0.39 is 0 Å². The summed E-state index contributed by atoms with van der Waals surface area (Å²) in [6.45, 7) is 3.64. The van der Waals surface area contributed by atoms with Gasteiger partial charge in [-0.05, 0) is 27.6 Å². The molecule has 1 aromatic carbocycles. The fourth-order valence-corrected chi connectivity index (χ4v) is 1.80. The van der Waals surface area contributed by atoms with Gasteiger partial charge in [0.25, 0.3) is 0 Å². The molecule has 0 bridgehead atoms. The molecule has 0 atom stereocenters. The summed E-state index contributed by atoms with van der Waals surface area (Å²) < 4.78 is 0.696. The van der Waals surface area contributed by atoms with Gasteiger partial charge in [-0.15, -0.1) is 0 Å². The molecule has 0 aromatic heterocycles. The van der Waals surface area contributed by atoms with Crippen LogP contribution in [0.1, 0.15) is 11.1 Å². The minimum Gasteiger partial charge on any atom is -0.506 e. The van der Waals surface area contributed by atoms with Crippen LogP contribution in [0, 0.1) is 0 Å². The van der Waals surface area contributed by atoms with Gasteiger partial charge in [-0.25, -0.2) is 0 Å². The average Bonchev–Trinajstić information content (AvgIpc) is 2.09. The van der Waals surface area contributed by atoms with Crippen LogP contribution in [0.5, 0.6) is 5.75 Å². The van der Waals surface area contributed by atoms with Gasteiger partial charge in [-0.3, -0.25) is 0 Å². The van der Waals surface area contributed by atoms with Crippen molar-refractivity contribution in [3.8, 4) is 5.75 Å². The van der Waals surface area contributed by atoms with Crippen LogP contribution in [0.4, 0.5) is 0 Å². The minimum atomic E-state index is 0.252. The Morgan fingerprint density at radius 1 is 1.50 bits per heavy atom. The Bertz CT molecular complexity index is 308. The van der Waals surface area contributed by atoms with Crippen LogP contribution in [0.15, 0.2) is 23.2 Å². The predicted molar refractivity (Wildman–Crippen MR) is 58.5 cm³/mol. The van der Waals surface area contributed by atoms with Crippen LogP contribution < -0.4 is 0 Å². The molecule has 1 aromatic rings. The maximum absolute atomic E-state index is 9.57. The summed E-state index contributed by atoms with van der Waals surface area (Å²) in [5.74, 6) is 0.252. The molecule has 0 aliphatic heterocycles. The first-order chi connectivity index (χ1) is 5.70. The van der Waals surface area contributed by atoms with Gasteiger partial charge in [0.05, 0.1) is 4.47 Å². The predicted octanol–water partition coefficient (Wildman–Crippen LogP) is 3.69. The molecule has 0 heterocycles. The lowest BCUT2D eigenvalue weighted by molar-refractivity contribution is 0.470. The van der Waals surface area contributed by atoms with Gasteiger partial charge >= 0.3 is 0 Å². The first kappa shape index (κ1) is 9.81. The highest BCUT2D eigenvalue weighted by atomic mass is 79.9. The Balaban J connectivity index is 3.35. The molecule has 0 spiro atoms. The summed E-state index contributed by atoms with van der Waals surface area (Å²) in [5.41, 5.74) is 1.81. The van der Waals surface area contributed by atoms with Crippen molar-refractivity contribution in [2.24, 2.45) is 0 Å². The second-order valence-corrected chi connectivity index (χ2v) is 3.72. The zero-order valence-electron chi connectivity index (χ0n) is 6.35. The number of phenolic OH excluding ortho intramolecular Hbond substituents is 1. The highest BCUT2D eigenvalue weighted by Crippen LogP contribution is 2.31. The van der Waals surface area contributed by atoms with Crippen LogP contribution in [0.25, 0.3) is 6.08 Å². The van der Waals surface area contributed by atoms with E-state index in [1.807, 2.05) is 12.1 Å². The summed E-state index contributed by atoms with van der Waals surface area (Å²) in [6.07, 6.45) is 1.65. The minimum absolute atomic E-state index is 0.252. The van der Waals surface area contributed by atoms with Crippen LogP contribution >= 0.6 is 31.9 Å². The molecule has 1 N–H and O–H groups in total. The van der Waals surface area contributed by atoms with E-state index >= 15 is 0 Å². The molecule has 0 saturated carbocycles. The molecule has 64 valence electrons. The molecule has 0 saturated heterocycles. The Morgan fingerprint density at radius 2 is 2.17 bits per heavy atom. The Hall–Kier alpha value is -0.280. The number of alkyl halides is 1. The van der Waals surface area contributed by atoms with Crippen molar-refractivity contribution in [3.63, 3.8) is 0 Å². The molecule has 0 amide bonds. The zero-order valence-corrected chi connectivity index (χ0v) is 9.52. The third kappa shape index (κ3) is 1.72. The highest BCUT2D eigenvalue weighted by Gasteiger charge is 2.06. The topological polar surface area (TPSA) is 20.2 Å². The van der Waals surface area contributed by atoms with E-state index in [-0.39, 0.29) is 5.75 Å². The summed E-state index contributed by atoms with van der Waals surface area (Å²) in [5, 5.41) is 10.3. The summed E-state index contributed by atoms with van der Waals surface area (Å²) in [4.78, 5) is 0. The molecular formula is C9H8Br2O. The normalized spacial score (nSPS) is 9.83. The fourth-order valence-electron chi connectivity index (χ4n) is 0.967. The van der Waals surface area contributed by atoms with Gasteiger partial charge in [-0.2, -0.15) is 0 Å². The van der Waals surface area contributed by atoms with Crippen molar-refractivity contribution in [2.45, 2.75) is 5.33 Å². The highest BCUT2D eigenvalue weighted by molar-refractivity contribution is 9.10. The lowest BCUT2D eigenvalue weighted by atomic mass is 10.1. The second kappa shape index (κ2) is 4.10. The number of rotatable bonds is 2. The number of phenols is 1. The summed E-state index contributed by atoms with van der Waals surface area (Å²) in [6, 6.07) is 3.76. The van der Waals surface area contributed by atoms with Crippen molar-refractivity contribution in [3.05, 3.63) is 34.3 Å². The second-order valence-electron chi connectivity index (χ2n) is 2.31. The number of hydrogen-bond acceptors (Lipinski definition) is 1. The van der Waals surface area contributed by atoms with Crippen molar-refractivity contribution >= 4 is 37.9 Å². The molecule has 0 aliphatic carbocycles. The molecule has 12 heavy (non-hydrogen) atoms. The van der Waals surface area contributed by atoms with E-state index in [4.69, 9.17) is 0 Å². The molecule has 0 radical (unpaired) electrons. The van der Waals surface area contributed by atoms with Crippen LogP contribution in [-0.2, 0) is 5.33 Å². The Morgan fingerprint density at radius 3 is 2.67 bits per heavy atom. The lowest BCUT2D eigenvalue weighted by Gasteiger charge is -2.06. The van der Waals surface area contributed by atoms with E-state index in [2.05, 4.69) is 38.4 Å². The van der Waals surface area contributed by atoms with Gasteiger partial charge in [0, 0.05) is 10.9 Å². The van der Waals surface area contributed by atoms with Gasteiger partial charge < -0.3 is 5.11 Å². The molecule has 3 heteroatoms. The maximum atomic E-state index is 9.57. The monoisotopic (exact) mass is 290 g/mol. The summed E-state index contributed by atoms with van der Waals surface area (Å²) >= 11 is 6.57. The first-order valence-electron chi connectivity index (χ1n) is 3.39. The zero-order chi connectivity index (χ0) is 9.14. The molecule has 0 aliphatic rings. The molecule has 1 nitrogen and oxygen atoms in total. The van der Waals surface area contributed by atoms with E-state index in [1.165, 1.54) is 0 Å². The fraction of sp³-hybridized carbons (Fsp3) is 0.111. The molecular weight excluding hydrogens is 284 g/mol. The lowest BCUT2D eigenvalue weighted by Crippen LogP contribution is -1.85. The van der Waals surface area contributed by atoms with Crippen molar-refractivity contribution in [1.29, 1.82) is 0 Å². The van der Waals surface area contributed by atoms with E-state index in [0.717, 1.165) is 16.5 Å². The van der Waals surface area contributed by atoms with Crippen molar-refractivity contribution < 1.29 is 5.11 Å². The van der Waals surface area contributed by atoms with Gasteiger partial charge in [-0.1, -0.05) is 34.7 Å². The molecule has 1 rings (SSSR count). The third-order valence-corrected chi connectivity index (χ3v) is 2.85. The largest absolute Gasteiger partial charge is 0.506 e. The van der Waals surface area contributed by atoms with Gasteiger partial charge in [0.1, 0.15) is 5.75 Å². The number of halogens is 2. The maximum Gasteiger partial charge on any atom is 0.137 e. The van der Waals surface area contributed by atoms with Gasteiger partial charge in [0.15, 0.2) is 0 Å². The Labute approximate surface area is 88.4 Å². The van der Waals surface area contributed by atoms with E-state index in [1.54, 1.807) is 6.08 Å². The third-order valence-electron chi connectivity index (χ3n) is 1.61. The first-order valence-corrected chi connectivity index (χ1v) is 5.31. The smallest absolute Gasteiger partial charge is 0.137 e. The van der Waals surface area contributed by atoms with Crippen molar-refractivity contribution in [1.82, 2.24) is 0 Å².